The Balaban J connectivity index is 2.13. The predicted octanol–water partition coefficient (Wildman–Crippen LogP) is 6.87. The third kappa shape index (κ3) is 2.25. The fraction of sp³-hybridized carbons (Fsp3) is 0.0476. The molecule has 0 saturated heterocycles. The van der Waals surface area contributed by atoms with E-state index in [1.807, 2.05) is 42.5 Å². The average molecular weight is 365 g/mol. The zero-order valence-electron chi connectivity index (χ0n) is 12.6. The molecule has 0 atom stereocenters. The Bertz CT molecular complexity index is 1050. The van der Waals surface area contributed by atoms with Gasteiger partial charge in [-0.1, -0.05) is 76.6 Å². The largest absolute Gasteiger partial charge is 0.206 e. The molecule has 0 aliphatic carbocycles. The van der Waals surface area contributed by atoms with Crippen LogP contribution in [0.4, 0.5) is 4.39 Å². The molecule has 23 heavy (non-hydrogen) atoms. The van der Waals surface area contributed by atoms with Gasteiger partial charge in [-0.2, -0.15) is 0 Å². The van der Waals surface area contributed by atoms with Gasteiger partial charge in [-0.3, -0.25) is 0 Å². The molecule has 0 unspecified atom stereocenters. The first kappa shape index (κ1) is 14.4. The van der Waals surface area contributed by atoms with Crippen molar-refractivity contribution in [3.63, 3.8) is 0 Å². The number of halogens is 2. The Morgan fingerprint density at radius 2 is 1.43 bits per heavy atom. The lowest BCUT2D eigenvalue weighted by Gasteiger charge is -2.14. The molecule has 0 aliphatic heterocycles. The molecule has 0 aliphatic rings. The first-order valence-corrected chi connectivity index (χ1v) is 8.31. The summed E-state index contributed by atoms with van der Waals surface area (Å²) in [6, 6.07) is 21.8. The van der Waals surface area contributed by atoms with Crippen LogP contribution < -0.4 is 0 Å². The van der Waals surface area contributed by atoms with Crippen molar-refractivity contribution in [2.24, 2.45) is 0 Å². The molecular formula is C21H14BrF. The van der Waals surface area contributed by atoms with Crippen LogP contribution in [0.5, 0.6) is 0 Å². The maximum Gasteiger partial charge on any atom is 0.132 e. The fourth-order valence-corrected chi connectivity index (χ4v) is 3.82. The fourth-order valence-electron chi connectivity index (χ4n) is 3.27. The van der Waals surface area contributed by atoms with Gasteiger partial charge in [0.1, 0.15) is 5.82 Å². The molecule has 0 nitrogen and oxygen atoms in total. The lowest BCUT2D eigenvalue weighted by atomic mass is 9.91. The van der Waals surface area contributed by atoms with Crippen LogP contribution in [0, 0.1) is 12.7 Å². The minimum atomic E-state index is -0.200. The quantitative estimate of drug-likeness (QED) is 0.345. The molecule has 0 aromatic heterocycles. The van der Waals surface area contributed by atoms with E-state index < -0.39 is 0 Å². The van der Waals surface area contributed by atoms with Crippen molar-refractivity contribution in [2.45, 2.75) is 6.92 Å². The summed E-state index contributed by atoms with van der Waals surface area (Å²) in [7, 11) is 0. The van der Waals surface area contributed by atoms with Crippen LogP contribution in [0.1, 0.15) is 5.56 Å². The van der Waals surface area contributed by atoms with Crippen LogP contribution in [-0.2, 0) is 0 Å². The molecule has 0 radical (unpaired) electrons. The van der Waals surface area contributed by atoms with E-state index in [9.17, 15) is 4.39 Å². The van der Waals surface area contributed by atoms with Crippen LogP contribution >= 0.6 is 15.9 Å². The molecule has 0 bridgehead atoms. The molecule has 112 valence electrons. The lowest BCUT2D eigenvalue weighted by Crippen LogP contribution is -1.92. The molecule has 4 aromatic carbocycles. The topological polar surface area (TPSA) is 0 Å². The highest BCUT2D eigenvalue weighted by Crippen LogP contribution is 2.38. The molecule has 0 amide bonds. The number of fused-ring (bicyclic) bond motifs is 2. The SMILES string of the molecule is Cc1c(-c2c(F)cc(Br)c3ccccc23)ccc2ccccc12. The van der Waals surface area contributed by atoms with Gasteiger partial charge in [0.15, 0.2) is 0 Å². The number of benzene rings is 4. The number of rotatable bonds is 1. The van der Waals surface area contributed by atoms with E-state index >= 15 is 0 Å². The third-order valence-electron chi connectivity index (χ3n) is 4.41. The van der Waals surface area contributed by atoms with Crippen molar-refractivity contribution >= 4 is 37.5 Å². The van der Waals surface area contributed by atoms with Crippen molar-refractivity contribution in [1.29, 1.82) is 0 Å². The van der Waals surface area contributed by atoms with Crippen LogP contribution in [-0.4, -0.2) is 0 Å². The van der Waals surface area contributed by atoms with E-state index in [1.54, 1.807) is 6.07 Å². The molecule has 4 aromatic rings. The average Bonchev–Trinajstić information content (AvgIpc) is 2.57. The maximum atomic E-state index is 14.8. The number of aryl methyl sites for hydroxylation is 1. The van der Waals surface area contributed by atoms with Gasteiger partial charge >= 0.3 is 0 Å². The van der Waals surface area contributed by atoms with Gasteiger partial charge in [0, 0.05) is 10.0 Å². The highest BCUT2D eigenvalue weighted by molar-refractivity contribution is 9.10. The summed E-state index contributed by atoms with van der Waals surface area (Å²) in [4.78, 5) is 0. The maximum absolute atomic E-state index is 14.8. The Hall–Kier alpha value is -2.19. The summed E-state index contributed by atoms with van der Waals surface area (Å²) >= 11 is 3.47. The Kier molecular flexibility index (Phi) is 3.42. The molecule has 4 rings (SSSR count). The van der Waals surface area contributed by atoms with E-state index in [1.165, 1.54) is 5.39 Å². The molecule has 0 saturated carbocycles. The van der Waals surface area contributed by atoms with Crippen LogP contribution in [0.25, 0.3) is 32.7 Å². The van der Waals surface area contributed by atoms with Crippen molar-refractivity contribution in [3.8, 4) is 11.1 Å². The highest BCUT2D eigenvalue weighted by atomic mass is 79.9. The summed E-state index contributed by atoms with van der Waals surface area (Å²) in [5.41, 5.74) is 2.73. The van der Waals surface area contributed by atoms with E-state index in [0.29, 0.717) is 5.56 Å². The van der Waals surface area contributed by atoms with Gasteiger partial charge in [-0.05, 0) is 45.7 Å². The first-order chi connectivity index (χ1) is 11.2. The monoisotopic (exact) mass is 364 g/mol. The van der Waals surface area contributed by atoms with E-state index in [2.05, 4.69) is 41.1 Å². The van der Waals surface area contributed by atoms with Gasteiger partial charge in [-0.15, -0.1) is 0 Å². The second-order valence-electron chi connectivity index (χ2n) is 5.72. The first-order valence-electron chi connectivity index (χ1n) is 7.52. The molecular weight excluding hydrogens is 351 g/mol. The van der Waals surface area contributed by atoms with Gasteiger partial charge in [0.25, 0.3) is 0 Å². The van der Waals surface area contributed by atoms with Crippen molar-refractivity contribution < 1.29 is 4.39 Å². The standard InChI is InChI=1S/C21H14BrF/c1-13-15-7-3-2-6-14(15)10-11-16(13)21-18-9-5-4-8-17(18)19(22)12-20(21)23/h2-12H,1H3. The zero-order chi connectivity index (χ0) is 16.0. The Morgan fingerprint density at radius 3 is 2.22 bits per heavy atom. The summed E-state index contributed by atoms with van der Waals surface area (Å²) in [5.74, 6) is -0.200. The summed E-state index contributed by atoms with van der Waals surface area (Å²) in [6.07, 6.45) is 0. The predicted molar refractivity (Wildman–Crippen MR) is 99.3 cm³/mol. The van der Waals surface area contributed by atoms with Crippen molar-refractivity contribution in [3.05, 3.63) is 82.6 Å². The van der Waals surface area contributed by atoms with Crippen LogP contribution in [0.3, 0.4) is 0 Å². The van der Waals surface area contributed by atoms with Crippen molar-refractivity contribution in [2.75, 3.05) is 0 Å². The Morgan fingerprint density at radius 1 is 0.783 bits per heavy atom. The van der Waals surface area contributed by atoms with E-state index in [4.69, 9.17) is 0 Å². The van der Waals surface area contributed by atoms with Crippen LogP contribution in [0.15, 0.2) is 71.2 Å². The normalized spacial score (nSPS) is 11.3. The second-order valence-corrected chi connectivity index (χ2v) is 6.57. The molecule has 0 fully saturated rings. The van der Waals surface area contributed by atoms with E-state index in [-0.39, 0.29) is 5.82 Å². The summed E-state index contributed by atoms with van der Waals surface area (Å²) in [6.45, 7) is 2.06. The number of hydrogen-bond donors (Lipinski definition) is 0. The Labute approximate surface area is 142 Å². The number of hydrogen-bond acceptors (Lipinski definition) is 0. The highest BCUT2D eigenvalue weighted by Gasteiger charge is 2.15. The van der Waals surface area contributed by atoms with E-state index in [0.717, 1.165) is 31.8 Å². The van der Waals surface area contributed by atoms with Gasteiger partial charge in [0.2, 0.25) is 0 Å². The molecule has 2 heteroatoms. The minimum absolute atomic E-state index is 0.200. The smallest absolute Gasteiger partial charge is 0.132 e. The molecule has 0 heterocycles. The molecule has 0 spiro atoms. The lowest BCUT2D eigenvalue weighted by molar-refractivity contribution is 0.632. The van der Waals surface area contributed by atoms with Gasteiger partial charge in [-0.25, -0.2) is 4.39 Å². The summed E-state index contributed by atoms with van der Waals surface area (Å²) < 4.78 is 15.6. The molecule has 0 N–H and O–H groups in total. The zero-order valence-corrected chi connectivity index (χ0v) is 14.2. The van der Waals surface area contributed by atoms with Gasteiger partial charge in [0.05, 0.1) is 0 Å². The van der Waals surface area contributed by atoms with Crippen molar-refractivity contribution in [1.82, 2.24) is 0 Å². The second kappa shape index (κ2) is 5.47. The minimum Gasteiger partial charge on any atom is -0.206 e. The summed E-state index contributed by atoms with van der Waals surface area (Å²) in [5, 5.41) is 4.29. The van der Waals surface area contributed by atoms with Gasteiger partial charge < -0.3 is 0 Å². The van der Waals surface area contributed by atoms with Crippen LogP contribution in [0.2, 0.25) is 0 Å². The third-order valence-corrected chi connectivity index (χ3v) is 5.07.